The Kier molecular flexibility index (Phi) is 5.04. The number of rotatable bonds is 4. The number of aryl methyl sites for hydroxylation is 1. The van der Waals surface area contributed by atoms with E-state index < -0.39 is 0 Å². The second-order valence-corrected chi connectivity index (χ2v) is 8.14. The van der Waals surface area contributed by atoms with Gasteiger partial charge in [-0.2, -0.15) is 0 Å². The number of benzene rings is 1. The standard InChI is InChI=1S/C21H32O/c1-8-11-22-20-17(19-15(3)9-10-16(19)4)12-14(2)13-18(20)21(5,6)7/h8,12-13,15-16,19H,1,9-11H2,2-7H3. The van der Waals surface area contributed by atoms with Crippen LogP contribution < -0.4 is 4.74 Å². The van der Waals surface area contributed by atoms with E-state index in [2.05, 4.69) is 60.3 Å². The number of ether oxygens (including phenoxy) is 1. The molecular weight excluding hydrogens is 268 g/mol. The van der Waals surface area contributed by atoms with Crippen LogP contribution in [0, 0.1) is 18.8 Å². The minimum Gasteiger partial charge on any atom is -0.489 e. The van der Waals surface area contributed by atoms with Crippen molar-refractivity contribution < 1.29 is 4.74 Å². The average Bonchev–Trinajstić information content (AvgIpc) is 2.75. The van der Waals surface area contributed by atoms with E-state index >= 15 is 0 Å². The molecule has 0 saturated heterocycles. The summed E-state index contributed by atoms with van der Waals surface area (Å²) in [5.41, 5.74) is 4.18. The zero-order valence-corrected chi connectivity index (χ0v) is 15.2. The van der Waals surface area contributed by atoms with Crippen LogP contribution in [0.4, 0.5) is 0 Å². The molecule has 0 aliphatic heterocycles. The van der Waals surface area contributed by atoms with Gasteiger partial charge in [-0.3, -0.25) is 0 Å². The molecule has 0 N–H and O–H groups in total. The van der Waals surface area contributed by atoms with Crippen LogP contribution in [0.2, 0.25) is 0 Å². The van der Waals surface area contributed by atoms with E-state index in [1.807, 2.05) is 6.08 Å². The highest BCUT2D eigenvalue weighted by Crippen LogP contribution is 2.49. The summed E-state index contributed by atoms with van der Waals surface area (Å²) >= 11 is 0. The fourth-order valence-corrected chi connectivity index (χ4v) is 3.97. The van der Waals surface area contributed by atoms with Crippen LogP contribution in [0.1, 0.15) is 70.1 Å². The van der Waals surface area contributed by atoms with Crippen LogP contribution >= 0.6 is 0 Å². The van der Waals surface area contributed by atoms with Crippen molar-refractivity contribution in [2.45, 2.75) is 65.7 Å². The Bertz CT molecular complexity index is 526. The molecule has 1 saturated carbocycles. The molecule has 122 valence electrons. The fraction of sp³-hybridized carbons (Fsp3) is 0.619. The van der Waals surface area contributed by atoms with Gasteiger partial charge in [-0.25, -0.2) is 0 Å². The summed E-state index contributed by atoms with van der Waals surface area (Å²) in [7, 11) is 0. The molecule has 0 aromatic heterocycles. The van der Waals surface area contributed by atoms with E-state index in [-0.39, 0.29) is 5.41 Å². The Hall–Kier alpha value is -1.24. The monoisotopic (exact) mass is 300 g/mol. The lowest BCUT2D eigenvalue weighted by molar-refractivity contribution is 0.335. The minimum atomic E-state index is 0.0857. The SMILES string of the molecule is C=CCOc1c(C2C(C)CCC2C)cc(C)cc1C(C)(C)C. The molecule has 2 unspecified atom stereocenters. The largest absolute Gasteiger partial charge is 0.489 e. The predicted octanol–water partition coefficient (Wildman–Crippen LogP) is 6.01. The minimum absolute atomic E-state index is 0.0857. The molecule has 1 nitrogen and oxygen atoms in total. The van der Waals surface area contributed by atoms with E-state index in [0.29, 0.717) is 12.5 Å². The molecule has 2 rings (SSSR count). The number of hydrogen-bond acceptors (Lipinski definition) is 1. The normalized spacial score (nSPS) is 25.3. The molecule has 1 fully saturated rings. The van der Waals surface area contributed by atoms with Crippen LogP contribution in [-0.4, -0.2) is 6.61 Å². The quantitative estimate of drug-likeness (QED) is 0.619. The Morgan fingerprint density at radius 3 is 2.27 bits per heavy atom. The molecular formula is C21H32O. The predicted molar refractivity (Wildman–Crippen MR) is 95.9 cm³/mol. The first kappa shape index (κ1) is 17.1. The highest BCUT2D eigenvalue weighted by Gasteiger charge is 2.35. The van der Waals surface area contributed by atoms with Gasteiger partial charge in [0.25, 0.3) is 0 Å². The lowest BCUT2D eigenvalue weighted by Gasteiger charge is -2.30. The van der Waals surface area contributed by atoms with Crippen LogP contribution in [0.25, 0.3) is 0 Å². The van der Waals surface area contributed by atoms with Gasteiger partial charge in [0.2, 0.25) is 0 Å². The summed E-state index contributed by atoms with van der Waals surface area (Å²) in [6, 6.07) is 4.66. The van der Waals surface area contributed by atoms with E-state index in [4.69, 9.17) is 4.74 Å². The van der Waals surface area contributed by atoms with Crippen LogP contribution in [-0.2, 0) is 5.41 Å². The molecule has 0 bridgehead atoms. The molecule has 1 aromatic rings. The second kappa shape index (κ2) is 6.48. The van der Waals surface area contributed by atoms with Gasteiger partial charge < -0.3 is 4.74 Å². The second-order valence-electron chi connectivity index (χ2n) is 8.14. The summed E-state index contributed by atoms with van der Waals surface area (Å²) in [6.07, 6.45) is 4.49. The van der Waals surface area contributed by atoms with Crippen molar-refractivity contribution in [3.05, 3.63) is 41.5 Å². The van der Waals surface area contributed by atoms with Gasteiger partial charge in [-0.05, 0) is 48.5 Å². The van der Waals surface area contributed by atoms with Crippen molar-refractivity contribution in [3.8, 4) is 5.75 Å². The Morgan fingerprint density at radius 1 is 1.18 bits per heavy atom. The molecule has 0 spiro atoms. The van der Waals surface area contributed by atoms with Gasteiger partial charge in [-0.15, -0.1) is 0 Å². The topological polar surface area (TPSA) is 9.23 Å². The summed E-state index contributed by atoms with van der Waals surface area (Å²) in [5, 5.41) is 0. The molecule has 0 radical (unpaired) electrons. The molecule has 2 atom stereocenters. The van der Waals surface area contributed by atoms with Gasteiger partial charge in [0, 0.05) is 5.56 Å². The first-order chi connectivity index (χ1) is 10.3. The molecule has 0 heterocycles. The lowest BCUT2D eigenvalue weighted by atomic mass is 9.78. The number of hydrogen-bond donors (Lipinski definition) is 0. The Balaban J connectivity index is 2.60. The maximum atomic E-state index is 6.19. The maximum absolute atomic E-state index is 6.19. The van der Waals surface area contributed by atoms with Crippen LogP contribution in [0.5, 0.6) is 5.75 Å². The highest BCUT2D eigenvalue weighted by atomic mass is 16.5. The fourth-order valence-electron chi connectivity index (χ4n) is 3.97. The van der Waals surface area contributed by atoms with Crippen LogP contribution in [0.15, 0.2) is 24.8 Å². The van der Waals surface area contributed by atoms with Gasteiger partial charge in [0.1, 0.15) is 12.4 Å². The van der Waals surface area contributed by atoms with Crippen molar-refractivity contribution in [3.63, 3.8) is 0 Å². The Morgan fingerprint density at radius 2 is 1.77 bits per heavy atom. The third kappa shape index (κ3) is 3.39. The van der Waals surface area contributed by atoms with Crippen LogP contribution in [0.3, 0.4) is 0 Å². The molecule has 1 aromatic carbocycles. The zero-order chi connectivity index (χ0) is 16.5. The molecule has 1 heteroatoms. The maximum Gasteiger partial charge on any atom is 0.127 e. The van der Waals surface area contributed by atoms with Crippen molar-refractivity contribution in [2.75, 3.05) is 6.61 Å². The molecule has 0 amide bonds. The average molecular weight is 300 g/mol. The third-order valence-electron chi connectivity index (χ3n) is 5.08. The van der Waals surface area contributed by atoms with E-state index in [0.717, 1.165) is 17.6 Å². The van der Waals surface area contributed by atoms with Crippen molar-refractivity contribution in [1.29, 1.82) is 0 Å². The molecule has 22 heavy (non-hydrogen) atoms. The van der Waals surface area contributed by atoms with Gasteiger partial charge in [-0.1, -0.05) is 65.0 Å². The highest BCUT2D eigenvalue weighted by molar-refractivity contribution is 5.50. The van der Waals surface area contributed by atoms with Gasteiger partial charge in [0.15, 0.2) is 0 Å². The summed E-state index contributed by atoms with van der Waals surface area (Å²) in [4.78, 5) is 0. The summed E-state index contributed by atoms with van der Waals surface area (Å²) < 4.78 is 6.19. The Labute approximate surface area is 136 Å². The first-order valence-electron chi connectivity index (χ1n) is 8.64. The third-order valence-corrected chi connectivity index (χ3v) is 5.08. The molecule has 1 aliphatic rings. The lowest BCUT2D eigenvalue weighted by Crippen LogP contribution is -2.18. The van der Waals surface area contributed by atoms with Crippen molar-refractivity contribution in [2.24, 2.45) is 11.8 Å². The molecule has 1 aliphatic carbocycles. The summed E-state index contributed by atoms with van der Waals surface area (Å²) in [6.45, 7) is 18.2. The van der Waals surface area contributed by atoms with Gasteiger partial charge in [0.05, 0.1) is 0 Å². The first-order valence-corrected chi connectivity index (χ1v) is 8.64. The van der Waals surface area contributed by atoms with E-state index in [1.54, 1.807) is 0 Å². The van der Waals surface area contributed by atoms with Crippen molar-refractivity contribution in [1.82, 2.24) is 0 Å². The summed E-state index contributed by atoms with van der Waals surface area (Å²) in [5.74, 6) is 3.19. The van der Waals surface area contributed by atoms with Gasteiger partial charge >= 0.3 is 0 Å². The zero-order valence-electron chi connectivity index (χ0n) is 15.2. The van der Waals surface area contributed by atoms with Crippen molar-refractivity contribution >= 4 is 0 Å². The smallest absolute Gasteiger partial charge is 0.127 e. The van der Waals surface area contributed by atoms with E-state index in [9.17, 15) is 0 Å². The van der Waals surface area contributed by atoms with E-state index in [1.165, 1.54) is 29.5 Å².